The quantitative estimate of drug-likeness (QED) is 0.454. The smallest absolute Gasteiger partial charge is 0.0990 e. The van der Waals surface area contributed by atoms with Gasteiger partial charge in [-0.1, -0.05) is 13.8 Å². The molecule has 0 fully saturated rings. The first-order valence-corrected chi connectivity index (χ1v) is 3.07. The van der Waals surface area contributed by atoms with Crippen LogP contribution in [0.5, 0.6) is 0 Å². The molecular formula is C7H11F. The molecule has 0 aromatic heterocycles. The first-order valence-electron chi connectivity index (χ1n) is 3.07. The van der Waals surface area contributed by atoms with Crippen molar-refractivity contribution in [3.05, 3.63) is 11.9 Å². The Morgan fingerprint density at radius 1 is 1.62 bits per heavy atom. The maximum absolute atomic E-state index is 12.4. The number of allylic oxidation sites excluding steroid dienone is 2. The van der Waals surface area contributed by atoms with Crippen molar-refractivity contribution in [2.45, 2.75) is 20.3 Å². The highest BCUT2D eigenvalue weighted by atomic mass is 19.1. The molecule has 0 radical (unpaired) electrons. The van der Waals surface area contributed by atoms with E-state index in [-0.39, 0.29) is 11.7 Å². The lowest BCUT2D eigenvalue weighted by atomic mass is 10.1. The van der Waals surface area contributed by atoms with Gasteiger partial charge in [-0.05, 0) is 18.4 Å². The van der Waals surface area contributed by atoms with E-state index in [0.29, 0.717) is 5.92 Å². The molecule has 0 saturated carbocycles. The van der Waals surface area contributed by atoms with E-state index in [9.17, 15) is 4.39 Å². The first kappa shape index (κ1) is 5.80. The van der Waals surface area contributed by atoms with Crippen LogP contribution in [0.25, 0.3) is 0 Å². The third-order valence-corrected chi connectivity index (χ3v) is 1.64. The standard InChI is InChI=1S/C7H11F/c1-5-3-6(2)7(8)4-5/h4-6H,3H2,1-2H3. The Labute approximate surface area is 49.4 Å². The van der Waals surface area contributed by atoms with Crippen molar-refractivity contribution in [1.82, 2.24) is 0 Å². The molecule has 0 spiro atoms. The van der Waals surface area contributed by atoms with Crippen LogP contribution in [-0.4, -0.2) is 0 Å². The lowest BCUT2D eigenvalue weighted by Crippen LogP contribution is -1.89. The number of halogens is 1. The summed E-state index contributed by atoms with van der Waals surface area (Å²) < 4.78 is 12.4. The van der Waals surface area contributed by atoms with E-state index in [1.807, 2.05) is 13.8 Å². The summed E-state index contributed by atoms with van der Waals surface area (Å²) in [6.45, 7) is 3.97. The fourth-order valence-electron chi connectivity index (χ4n) is 1.17. The van der Waals surface area contributed by atoms with E-state index in [4.69, 9.17) is 0 Å². The van der Waals surface area contributed by atoms with Crippen molar-refractivity contribution >= 4 is 0 Å². The second-order valence-corrected chi connectivity index (χ2v) is 2.67. The summed E-state index contributed by atoms with van der Waals surface area (Å²) >= 11 is 0. The van der Waals surface area contributed by atoms with Gasteiger partial charge in [0.2, 0.25) is 0 Å². The van der Waals surface area contributed by atoms with Crippen LogP contribution in [0.15, 0.2) is 11.9 Å². The van der Waals surface area contributed by atoms with Gasteiger partial charge in [0.05, 0.1) is 5.83 Å². The molecule has 0 heterocycles. The van der Waals surface area contributed by atoms with Gasteiger partial charge in [0.15, 0.2) is 0 Å². The fourth-order valence-corrected chi connectivity index (χ4v) is 1.17. The summed E-state index contributed by atoms with van der Waals surface area (Å²) in [5.74, 6) is 0.729. The van der Waals surface area contributed by atoms with Crippen LogP contribution in [0.2, 0.25) is 0 Å². The largest absolute Gasteiger partial charge is 0.212 e. The van der Waals surface area contributed by atoms with Gasteiger partial charge >= 0.3 is 0 Å². The Morgan fingerprint density at radius 3 is 2.38 bits per heavy atom. The predicted molar refractivity (Wildman–Crippen MR) is 32.1 cm³/mol. The van der Waals surface area contributed by atoms with Crippen molar-refractivity contribution in [2.75, 3.05) is 0 Å². The van der Waals surface area contributed by atoms with Gasteiger partial charge in [-0.3, -0.25) is 0 Å². The van der Waals surface area contributed by atoms with Crippen LogP contribution in [0, 0.1) is 11.8 Å². The minimum absolute atomic E-state index is 0.0810. The van der Waals surface area contributed by atoms with Crippen LogP contribution in [0.4, 0.5) is 4.39 Å². The maximum Gasteiger partial charge on any atom is 0.0990 e. The topological polar surface area (TPSA) is 0 Å². The van der Waals surface area contributed by atoms with Crippen LogP contribution in [0.1, 0.15) is 20.3 Å². The number of hydrogen-bond donors (Lipinski definition) is 0. The highest BCUT2D eigenvalue weighted by molar-refractivity contribution is 5.05. The monoisotopic (exact) mass is 114 g/mol. The van der Waals surface area contributed by atoms with E-state index in [1.54, 1.807) is 6.08 Å². The Morgan fingerprint density at radius 2 is 2.25 bits per heavy atom. The third-order valence-electron chi connectivity index (χ3n) is 1.64. The highest BCUT2D eigenvalue weighted by Crippen LogP contribution is 2.29. The fraction of sp³-hybridized carbons (Fsp3) is 0.714. The van der Waals surface area contributed by atoms with Gasteiger partial charge in [-0.15, -0.1) is 0 Å². The Balaban J connectivity index is 2.59. The van der Waals surface area contributed by atoms with E-state index in [2.05, 4.69) is 0 Å². The lowest BCUT2D eigenvalue weighted by molar-refractivity contribution is 0.485. The summed E-state index contributed by atoms with van der Waals surface area (Å²) in [6, 6.07) is 0. The van der Waals surface area contributed by atoms with Crippen LogP contribution < -0.4 is 0 Å². The molecule has 0 bridgehead atoms. The summed E-state index contributed by atoms with van der Waals surface area (Å²) in [5, 5.41) is 0. The summed E-state index contributed by atoms with van der Waals surface area (Å²) in [6.07, 6.45) is 2.70. The van der Waals surface area contributed by atoms with Gasteiger partial charge in [-0.25, -0.2) is 4.39 Å². The lowest BCUT2D eigenvalue weighted by Gasteiger charge is -1.98. The second-order valence-electron chi connectivity index (χ2n) is 2.67. The number of hydrogen-bond acceptors (Lipinski definition) is 0. The third kappa shape index (κ3) is 0.908. The minimum atomic E-state index is 0.0810. The van der Waals surface area contributed by atoms with Gasteiger partial charge in [0, 0.05) is 5.92 Å². The molecule has 0 aliphatic heterocycles. The van der Waals surface area contributed by atoms with Crippen molar-refractivity contribution in [3.63, 3.8) is 0 Å². The van der Waals surface area contributed by atoms with Crippen molar-refractivity contribution < 1.29 is 4.39 Å². The molecular weight excluding hydrogens is 103 g/mol. The molecule has 1 rings (SSSR count). The molecule has 1 aliphatic rings. The zero-order chi connectivity index (χ0) is 6.15. The van der Waals surface area contributed by atoms with Crippen molar-refractivity contribution in [3.8, 4) is 0 Å². The maximum atomic E-state index is 12.4. The van der Waals surface area contributed by atoms with E-state index in [0.717, 1.165) is 6.42 Å². The zero-order valence-electron chi connectivity index (χ0n) is 5.32. The van der Waals surface area contributed by atoms with Gasteiger partial charge in [0.25, 0.3) is 0 Å². The molecule has 46 valence electrons. The first-order chi connectivity index (χ1) is 3.70. The molecule has 0 saturated heterocycles. The second kappa shape index (κ2) is 1.88. The van der Waals surface area contributed by atoms with E-state index < -0.39 is 0 Å². The SMILES string of the molecule is CC1C=C(F)C(C)C1. The molecule has 1 heteroatoms. The molecule has 8 heavy (non-hydrogen) atoms. The number of rotatable bonds is 0. The van der Waals surface area contributed by atoms with E-state index in [1.165, 1.54) is 0 Å². The van der Waals surface area contributed by atoms with Gasteiger partial charge in [-0.2, -0.15) is 0 Å². The van der Waals surface area contributed by atoms with Gasteiger partial charge < -0.3 is 0 Å². The molecule has 2 unspecified atom stereocenters. The normalized spacial score (nSPS) is 37.6. The zero-order valence-corrected chi connectivity index (χ0v) is 5.32. The molecule has 0 aromatic carbocycles. The molecule has 1 aliphatic carbocycles. The van der Waals surface area contributed by atoms with Crippen molar-refractivity contribution in [2.24, 2.45) is 11.8 Å². The Bertz CT molecular complexity index is 116. The molecule has 0 nitrogen and oxygen atoms in total. The van der Waals surface area contributed by atoms with Crippen LogP contribution in [-0.2, 0) is 0 Å². The summed E-state index contributed by atoms with van der Waals surface area (Å²) in [7, 11) is 0. The van der Waals surface area contributed by atoms with E-state index >= 15 is 0 Å². The van der Waals surface area contributed by atoms with Crippen LogP contribution in [0.3, 0.4) is 0 Å². The van der Waals surface area contributed by atoms with Gasteiger partial charge in [0.1, 0.15) is 0 Å². The summed E-state index contributed by atoms with van der Waals surface area (Å²) in [5.41, 5.74) is 0. The molecule has 0 aromatic rings. The van der Waals surface area contributed by atoms with Crippen LogP contribution >= 0.6 is 0 Å². The molecule has 0 N–H and O–H groups in total. The Kier molecular flexibility index (Phi) is 1.37. The minimum Gasteiger partial charge on any atom is -0.212 e. The molecule has 2 atom stereocenters. The Hall–Kier alpha value is -0.330. The average molecular weight is 114 g/mol. The molecule has 0 amide bonds. The van der Waals surface area contributed by atoms with Crippen molar-refractivity contribution in [1.29, 1.82) is 0 Å². The highest BCUT2D eigenvalue weighted by Gasteiger charge is 2.18. The average Bonchev–Trinajstić information content (AvgIpc) is 1.85. The predicted octanol–water partition coefficient (Wildman–Crippen LogP) is 2.52. The summed E-state index contributed by atoms with van der Waals surface area (Å²) in [4.78, 5) is 0.